The Labute approximate surface area is 79.0 Å². The van der Waals surface area contributed by atoms with E-state index < -0.39 is 12.0 Å². The second-order valence-electron chi connectivity index (χ2n) is 2.13. The molecule has 0 atom stereocenters. The number of hydrogen-bond donors (Lipinski definition) is 0. The number of rotatable bonds is 1. The second-order valence-corrected chi connectivity index (χ2v) is 2.57. The van der Waals surface area contributed by atoms with Gasteiger partial charge >= 0.3 is 6.16 Å². The van der Waals surface area contributed by atoms with Gasteiger partial charge in [0.2, 0.25) is 0 Å². The average molecular weight is 205 g/mol. The Balaban J connectivity index is 2.83. The van der Waals surface area contributed by atoms with Crippen molar-refractivity contribution in [1.29, 1.82) is 0 Å². The minimum Gasteiger partial charge on any atom is -0.437 e. The Morgan fingerprint density at radius 3 is 2.77 bits per heavy atom. The standard InChI is InChI=1S/C8H6ClFO3/c1-12-8(11)13-7-3-2-5(9)4-6(7)10/h2-4H,1H3. The first-order valence-electron chi connectivity index (χ1n) is 3.34. The molecule has 0 saturated carbocycles. The van der Waals surface area contributed by atoms with Crippen LogP contribution in [-0.4, -0.2) is 13.3 Å². The van der Waals surface area contributed by atoms with E-state index in [9.17, 15) is 9.18 Å². The first-order valence-corrected chi connectivity index (χ1v) is 3.72. The van der Waals surface area contributed by atoms with E-state index in [-0.39, 0.29) is 10.8 Å². The Morgan fingerprint density at radius 1 is 1.54 bits per heavy atom. The lowest BCUT2D eigenvalue weighted by Crippen LogP contribution is -2.08. The Hall–Kier alpha value is -1.29. The van der Waals surface area contributed by atoms with E-state index in [0.717, 1.165) is 13.2 Å². The van der Waals surface area contributed by atoms with Crippen LogP contribution in [0.1, 0.15) is 0 Å². The molecule has 1 rings (SSSR count). The molecule has 13 heavy (non-hydrogen) atoms. The van der Waals surface area contributed by atoms with Gasteiger partial charge in [0, 0.05) is 5.02 Å². The molecule has 70 valence electrons. The highest BCUT2D eigenvalue weighted by Gasteiger charge is 2.08. The molecular weight excluding hydrogens is 199 g/mol. The number of methoxy groups -OCH3 is 1. The van der Waals surface area contributed by atoms with E-state index >= 15 is 0 Å². The molecule has 0 unspecified atom stereocenters. The second kappa shape index (κ2) is 4.09. The number of hydrogen-bond acceptors (Lipinski definition) is 3. The summed E-state index contributed by atoms with van der Waals surface area (Å²) in [6.45, 7) is 0. The first-order chi connectivity index (χ1) is 6.13. The molecule has 0 bridgehead atoms. The van der Waals surface area contributed by atoms with Crippen LogP contribution in [0.25, 0.3) is 0 Å². The minimum absolute atomic E-state index is 0.212. The molecule has 0 aliphatic carbocycles. The van der Waals surface area contributed by atoms with Gasteiger partial charge in [-0.1, -0.05) is 11.6 Å². The van der Waals surface area contributed by atoms with E-state index in [2.05, 4.69) is 9.47 Å². The van der Waals surface area contributed by atoms with Gasteiger partial charge in [0.25, 0.3) is 0 Å². The molecule has 0 saturated heterocycles. The SMILES string of the molecule is COC(=O)Oc1ccc(Cl)cc1F. The van der Waals surface area contributed by atoms with Crippen molar-refractivity contribution in [2.75, 3.05) is 7.11 Å². The van der Waals surface area contributed by atoms with Gasteiger partial charge in [-0.3, -0.25) is 0 Å². The largest absolute Gasteiger partial charge is 0.513 e. The van der Waals surface area contributed by atoms with Crippen LogP contribution in [0.15, 0.2) is 18.2 Å². The maximum absolute atomic E-state index is 12.9. The summed E-state index contributed by atoms with van der Waals surface area (Å²) in [5.74, 6) is -0.922. The van der Waals surface area contributed by atoms with Crippen LogP contribution in [0.2, 0.25) is 5.02 Å². The lowest BCUT2D eigenvalue weighted by molar-refractivity contribution is 0.119. The molecule has 3 nitrogen and oxygen atoms in total. The molecule has 0 aliphatic rings. The van der Waals surface area contributed by atoms with Crippen LogP contribution >= 0.6 is 11.6 Å². The smallest absolute Gasteiger partial charge is 0.437 e. The van der Waals surface area contributed by atoms with E-state index in [1.165, 1.54) is 12.1 Å². The third-order valence-electron chi connectivity index (χ3n) is 1.25. The van der Waals surface area contributed by atoms with Gasteiger partial charge in [0.15, 0.2) is 11.6 Å². The molecule has 1 aromatic carbocycles. The maximum atomic E-state index is 12.9. The highest BCUT2D eigenvalue weighted by atomic mass is 35.5. The van der Waals surface area contributed by atoms with Gasteiger partial charge in [-0.15, -0.1) is 0 Å². The van der Waals surface area contributed by atoms with Gasteiger partial charge in [-0.2, -0.15) is 0 Å². The molecular formula is C8H6ClFO3. The zero-order valence-electron chi connectivity index (χ0n) is 6.71. The number of carbonyl (C=O) groups excluding carboxylic acids is 1. The predicted molar refractivity (Wildman–Crippen MR) is 44.4 cm³/mol. The normalized spacial score (nSPS) is 9.46. The van der Waals surface area contributed by atoms with Gasteiger partial charge in [-0.05, 0) is 18.2 Å². The third kappa shape index (κ3) is 2.59. The molecule has 0 radical (unpaired) electrons. The van der Waals surface area contributed by atoms with Crippen molar-refractivity contribution in [2.24, 2.45) is 0 Å². The molecule has 0 aliphatic heterocycles. The van der Waals surface area contributed by atoms with Crippen LogP contribution in [0, 0.1) is 5.82 Å². The van der Waals surface area contributed by atoms with Crippen molar-refractivity contribution >= 4 is 17.8 Å². The number of ether oxygens (including phenoxy) is 2. The minimum atomic E-state index is -0.971. The fourth-order valence-corrected chi connectivity index (χ4v) is 0.848. The van der Waals surface area contributed by atoms with E-state index in [4.69, 9.17) is 11.6 Å². The lowest BCUT2D eigenvalue weighted by Gasteiger charge is -2.02. The zero-order valence-corrected chi connectivity index (χ0v) is 7.47. The van der Waals surface area contributed by atoms with Crippen LogP contribution in [-0.2, 0) is 4.74 Å². The van der Waals surface area contributed by atoms with Crippen LogP contribution in [0.4, 0.5) is 9.18 Å². The van der Waals surface area contributed by atoms with Crippen molar-refractivity contribution in [1.82, 2.24) is 0 Å². The summed E-state index contributed by atoms with van der Waals surface area (Å²) in [4.78, 5) is 10.6. The van der Waals surface area contributed by atoms with E-state index in [0.29, 0.717) is 0 Å². The number of benzene rings is 1. The van der Waals surface area contributed by atoms with Crippen molar-refractivity contribution in [3.63, 3.8) is 0 Å². The fraction of sp³-hybridized carbons (Fsp3) is 0.125. The monoisotopic (exact) mass is 204 g/mol. The van der Waals surface area contributed by atoms with Crippen molar-refractivity contribution < 1.29 is 18.7 Å². The summed E-state index contributed by atoms with van der Waals surface area (Å²) in [6, 6.07) is 3.69. The molecule has 0 aromatic heterocycles. The van der Waals surface area contributed by atoms with Gasteiger partial charge in [0.1, 0.15) is 0 Å². The zero-order chi connectivity index (χ0) is 9.84. The molecule has 0 N–H and O–H groups in total. The summed E-state index contributed by atoms with van der Waals surface area (Å²) in [7, 11) is 1.14. The number of halogens is 2. The Kier molecular flexibility index (Phi) is 3.08. The van der Waals surface area contributed by atoms with Gasteiger partial charge < -0.3 is 9.47 Å². The Bertz CT molecular complexity index is 327. The molecule has 1 aromatic rings. The van der Waals surface area contributed by atoms with Gasteiger partial charge in [0.05, 0.1) is 7.11 Å². The highest BCUT2D eigenvalue weighted by Crippen LogP contribution is 2.21. The van der Waals surface area contributed by atoms with E-state index in [1.54, 1.807) is 0 Å². The van der Waals surface area contributed by atoms with Crippen molar-refractivity contribution in [3.05, 3.63) is 29.0 Å². The molecule has 0 spiro atoms. The summed E-state index contributed by atoms with van der Waals surface area (Å²) in [5.41, 5.74) is 0. The Morgan fingerprint density at radius 2 is 2.23 bits per heavy atom. The van der Waals surface area contributed by atoms with Crippen molar-refractivity contribution in [3.8, 4) is 5.75 Å². The van der Waals surface area contributed by atoms with Crippen LogP contribution < -0.4 is 4.74 Å². The quantitative estimate of drug-likeness (QED) is 0.521. The predicted octanol–water partition coefficient (Wildman–Crippen LogP) is 2.62. The summed E-state index contributed by atoms with van der Waals surface area (Å²) >= 11 is 5.48. The van der Waals surface area contributed by atoms with Crippen molar-refractivity contribution in [2.45, 2.75) is 0 Å². The summed E-state index contributed by atoms with van der Waals surface area (Å²) < 4.78 is 21.6. The summed E-state index contributed by atoms with van der Waals surface area (Å²) in [6.07, 6.45) is -0.971. The average Bonchev–Trinajstić information content (AvgIpc) is 2.09. The third-order valence-corrected chi connectivity index (χ3v) is 1.49. The van der Waals surface area contributed by atoms with Gasteiger partial charge in [-0.25, -0.2) is 9.18 Å². The van der Waals surface area contributed by atoms with E-state index in [1.807, 2.05) is 0 Å². The number of carbonyl (C=O) groups is 1. The molecule has 0 amide bonds. The molecule has 0 fully saturated rings. The molecule has 0 heterocycles. The fourth-order valence-electron chi connectivity index (χ4n) is 0.689. The molecule has 5 heteroatoms. The van der Waals surface area contributed by atoms with Crippen LogP contribution in [0.3, 0.4) is 0 Å². The maximum Gasteiger partial charge on any atom is 0.513 e. The lowest BCUT2D eigenvalue weighted by atomic mass is 10.3. The summed E-state index contributed by atoms with van der Waals surface area (Å²) in [5, 5.41) is 0.231. The topological polar surface area (TPSA) is 35.5 Å². The first kappa shape index (κ1) is 9.80. The highest BCUT2D eigenvalue weighted by molar-refractivity contribution is 6.30. The van der Waals surface area contributed by atoms with Crippen LogP contribution in [0.5, 0.6) is 5.75 Å².